The molecule has 10 heteroatoms. The molecule has 0 saturated heterocycles. The van der Waals surface area contributed by atoms with E-state index in [1.165, 1.54) is 32.1 Å². The van der Waals surface area contributed by atoms with Crippen molar-refractivity contribution in [3.8, 4) is 0 Å². The lowest BCUT2D eigenvalue weighted by molar-refractivity contribution is -0.131. The molecule has 4 fully saturated rings. The Kier molecular flexibility index (Phi) is 8.65. The molecular formula is C35H41N5O5. The summed E-state index contributed by atoms with van der Waals surface area (Å²) < 4.78 is 0. The number of carbonyl (C=O) groups is 4. The van der Waals surface area contributed by atoms with E-state index in [-0.39, 0.29) is 25.0 Å². The molecule has 0 aliphatic heterocycles. The summed E-state index contributed by atoms with van der Waals surface area (Å²) in [6, 6.07) is 16.1. The molecule has 2 aromatic carbocycles. The molecule has 236 valence electrons. The number of aromatic amines is 1. The van der Waals surface area contributed by atoms with Gasteiger partial charge in [0.05, 0.1) is 6.04 Å². The molecular weight excluding hydrogens is 570 g/mol. The average Bonchev–Trinajstić information content (AvgIpc) is 3.42. The molecule has 0 radical (unpaired) electrons. The number of carboxylic acid groups (broad SMARTS) is 1. The Morgan fingerprint density at radius 1 is 0.933 bits per heavy atom. The second kappa shape index (κ2) is 12.8. The molecule has 45 heavy (non-hydrogen) atoms. The maximum absolute atomic E-state index is 14.1. The number of carboxylic acids is 1. The van der Waals surface area contributed by atoms with E-state index in [1.807, 2.05) is 60.8 Å². The van der Waals surface area contributed by atoms with Gasteiger partial charge in [-0.15, -0.1) is 0 Å². The van der Waals surface area contributed by atoms with E-state index in [0.717, 1.165) is 46.0 Å². The molecule has 4 aliphatic rings. The third kappa shape index (κ3) is 6.90. The van der Waals surface area contributed by atoms with Crippen molar-refractivity contribution < 1.29 is 24.3 Å². The summed E-state index contributed by atoms with van der Waals surface area (Å²) in [5, 5.41) is 22.0. The number of hydrogen-bond donors (Lipinski definition) is 6. The van der Waals surface area contributed by atoms with E-state index in [4.69, 9.17) is 5.11 Å². The number of benzene rings is 2. The van der Waals surface area contributed by atoms with Gasteiger partial charge < -0.3 is 31.4 Å². The summed E-state index contributed by atoms with van der Waals surface area (Å²) in [6.45, 7) is 1.75. The molecule has 3 aromatic rings. The number of urea groups is 1. The topological polar surface area (TPSA) is 152 Å². The number of aliphatic carboxylic acids is 1. The highest BCUT2D eigenvalue weighted by Crippen LogP contribution is 2.53. The van der Waals surface area contributed by atoms with Crippen LogP contribution in [0.4, 0.5) is 4.79 Å². The van der Waals surface area contributed by atoms with Crippen LogP contribution >= 0.6 is 0 Å². The molecule has 0 spiro atoms. The average molecular weight is 612 g/mol. The van der Waals surface area contributed by atoms with Crippen LogP contribution in [0.25, 0.3) is 10.9 Å². The lowest BCUT2D eigenvalue weighted by Crippen LogP contribution is -2.64. The third-order valence-corrected chi connectivity index (χ3v) is 10.00. The van der Waals surface area contributed by atoms with Crippen LogP contribution in [0.1, 0.15) is 56.2 Å². The maximum Gasteiger partial charge on any atom is 0.328 e. The molecule has 0 unspecified atom stereocenters. The zero-order chi connectivity index (χ0) is 31.6. The van der Waals surface area contributed by atoms with Gasteiger partial charge in [0, 0.05) is 48.3 Å². The van der Waals surface area contributed by atoms with Crippen molar-refractivity contribution in [3.05, 3.63) is 84.1 Å². The lowest BCUT2D eigenvalue weighted by Gasteiger charge is -2.54. The summed E-state index contributed by atoms with van der Waals surface area (Å²) in [5.74, 6) is 0.311. The Bertz CT molecular complexity index is 1570. The van der Waals surface area contributed by atoms with Crippen molar-refractivity contribution >= 4 is 34.7 Å². The minimum absolute atomic E-state index is 0.0256. The van der Waals surface area contributed by atoms with Crippen molar-refractivity contribution in [1.29, 1.82) is 0 Å². The summed E-state index contributed by atoms with van der Waals surface area (Å²) in [7, 11) is 0. The Hall–Kier alpha value is -4.60. The van der Waals surface area contributed by atoms with Crippen molar-refractivity contribution in [3.63, 3.8) is 0 Å². The molecule has 4 bridgehead atoms. The predicted molar refractivity (Wildman–Crippen MR) is 170 cm³/mol. The molecule has 7 rings (SSSR count). The van der Waals surface area contributed by atoms with Gasteiger partial charge in [-0.05, 0) is 79.9 Å². The van der Waals surface area contributed by atoms with Crippen LogP contribution in [0, 0.1) is 23.7 Å². The molecule has 4 amide bonds. The summed E-state index contributed by atoms with van der Waals surface area (Å²) in [4.78, 5) is 54.4. The number of amides is 4. The molecule has 4 aliphatic carbocycles. The Balaban J connectivity index is 1.20. The number of hydrogen-bond acceptors (Lipinski definition) is 4. The number of rotatable bonds is 11. The van der Waals surface area contributed by atoms with Gasteiger partial charge in [-0.1, -0.05) is 48.5 Å². The van der Waals surface area contributed by atoms with Gasteiger partial charge in [-0.25, -0.2) is 9.59 Å². The minimum atomic E-state index is -1.32. The fraction of sp³-hybridized carbons (Fsp3) is 0.429. The van der Waals surface area contributed by atoms with Gasteiger partial charge in [0.1, 0.15) is 5.54 Å². The number of fused-ring (bicyclic) bond motifs is 1. The van der Waals surface area contributed by atoms with Gasteiger partial charge >= 0.3 is 12.0 Å². The van der Waals surface area contributed by atoms with Crippen LogP contribution < -0.4 is 21.3 Å². The van der Waals surface area contributed by atoms with E-state index < -0.39 is 29.4 Å². The number of carbonyl (C=O) groups excluding carboxylic acids is 3. The van der Waals surface area contributed by atoms with Crippen LogP contribution in [0.5, 0.6) is 0 Å². The summed E-state index contributed by atoms with van der Waals surface area (Å²) >= 11 is 0. The standard InChI is InChI=1S/C35H41N5O5/c1-35(18-26-19-36-28-10-6-5-9-27(26)28,40-34(45)39-32-24-14-21-13-22(16-24)17-25(32)15-21)33(44)37-20-29(23-7-3-2-4-8-23)38-30(41)11-12-31(42)43/h2-12,19,21-22,24-25,29,32,36H,13-18,20H2,1H3,(H,37,44)(H,38,41)(H,42,43)(H2,39,40,45)/t21?,22?,24?,25?,29-,32?,35+/m0/s1. The molecule has 6 N–H and O–H groups in total. The second-order valence-electron chi connectivity index (χ2n) is 13.3. The first kappa shape index (κ1) is 30.4. The van der Waals surface area contributed by atoms with Crippen molar-refractivity contribution in [2.45, 2.75) is 63.1 Å². The quantitative estimate of drug-likeness (QED) is 0.180. The highest BCUT2D eigenvalue weighted by Gasteiger charge is 2.49. The normalized spacial score (nSPS) is 25.4. The van der Waals surface area contributed by atoms with Crippen molar-refractivity contribution in [2.75, 3.05) is 6.54 Å². The van der Waals surface area contributed by atoms with Crippen LogP contribution in [0.15, 0.2) is 72.9 Å². The van der Waals surface area contributed by atoms with E-state index in [2.05, 4.69) is 26.3 Å². The first-order valence-electron chi connectivity index (χ1n) is 15.9. The highest BCUT2D eigenvalue weighted by molar-refractivity contribution is 5.94. The van der Waals surface area contributed by atoms with Crippen LogP contribution in [0.3, 0.4) is 0 Å². The van der Waals surface area contributed by atoms with Gasteiger partial charge in [0.2, 0.25) is 11.8 Å². The molecule has 1 heterocycles. The fourth-order valence-electron chi connectivity index (χ4n) is 8.13. The number of para-hydroxylation sites is 1. The SMILES string of the molecule is C[C@](Cc1c[nH]c2ccccc12)(NC(=O)NC1C2CC3CC(C2)CC1C3)C(=O)NC[C@H](NC(=O)C=CC(=O)O)c1ccccc1. The fourth-order valence-corrected chi connectivity index (χ4v) is 8.13. The first-order valence-corrected chi connectivity index (χ1v) is 15.9. The molecule has 2 atom stereocenters. The molecule has 4 saturated carbocycles. The predicted octanol–water partition coefficient (Wildman–Crippen LogP) is 4.21. The van der Waals surface area contributed by atoms with Crippen molar-refractivity contribution in [2.24, 2.45) is 23.7 Å². The van der Waals surface area contributed by atoms with Crippen LogP contribution in [-0.4, -0.2) is 52.0 Å². The van der Waals surface area contributed by atoms with E-state index in [1.54, 1.807) is 6.92 Å². The lowest BCUT2D eigenvalue weighted by atomic mass is 9.54. The highest BCUT2D eigenvalue weighted by atomic mass is 16.4. The summed E-state index contributed by atoms with van der Waals surface area (Å²) in [6.07, 6.45) is 9.81. The van der Waals surface area contributed by atoms with E-state index in [0.29, 0.717) is 11.8 Å². The largest absolute Gasteiger partial charge is 0.478 e. The smallest absolute Gasteiger partial charge is 0.328 e. The van der Waals surface area contributed by atoms with E-state index in [9.17, 15) is 19.2 Å². The third-order valence-electron chi connectivity index (χ3n) is 10.00. The zero-order valence-electron chi connectivity index (χ0n) is 25.4. The van der Waals surface area contributed by atoms with E-state index >= 15 is 0 Å². The van der Waals surface area contributed by atoms with Gasteiger partial charge in [0.15, 0.2) is 0 Å². The number of aromatic nitrogens is 1. The summed E-state index contributed by atoms with van der Waals surface area (Å²) in [5.41, 5.74) is 1.25. The van der Waals surface area contributed by atoms with Gasteiger partial charge in [-0.3, -0.25) is 9.59 Å². The van der Waals surface area contributed by atoms with Crippen molar-refractivity contribution in [1.82, 2.24) is 26.3 Å². The Morgan fingerprint density at radius 2 is 1.60 bits per heavy atom. The number of nitrogens with one attached hydrogen (secondary N) is 5. The second-order valence-corrected chi connectivity index (χ2v) is 13.3. The first-order chi connectivity index (χ1) is 21.7. The van der Waals surface area contributed by atoms with Crippen LogP contribution in [0.2, 0.25) is 0 Å². The number of H-pyrrole nitrogens is 1. The maximum atomic E-state index is 14.1. The molecule has 10 nitrogen and oxygen atoms in total. The Morgan fingerprint density at radius 3 is 2.29 bits per heavy atom. The monoisotopic (exact) mass is 611 g/mol. The zero-order valence-corrected chi connectivity index (χ0v) is 25.4. The Labute approximate surface area is 262 Å². The molecule has 1 aromatic heterocycles. The minimum Gasteiger partial charge on any atom is -0.478 e. The van der Waals surface area contributed by atoms with Gasteiger partial charge in [0.25, 0.3) is 0 Å². The van der Waals surface area contributed by atoms with Crippen LogP contribution in [-0.2, 0) is 20.8 Å². The van der Waals surface area contributed by atoms with Gasteiger partial charge in [-0.2, -0.15) is 0 Å².